The van der Waals surface area contributed by atoms with Crippen molar-refractivity contribution in [2.75, 3.05) is 13.1 Å². The molecule has 4 N–H and O–H groups in total. The minimum Gasteiger partial charge on any atom is -0.481 e. The van der Waals surface area contributed by atoms with Crippen molar-refractivity contribution in [1.29, 1.82) is 0 Å². The van der Waals surface area contributed by atoms with Crippen LogP contribution in [0.25, 0.3) is 21.5 Å². The fourth-order valence-corrected chi connectivity index (χ4v) is 5.13. The Morgan fingerprint density at radius 2 is 1.16 bits per heavy atom. The second kappa shape index (κ2) is 14.9. The molecule has 0 unspecified atom stereocenters. The summed E-state index contributed by atoms with van der Waals surface area (Å²) in [5.41, 5.74) is 5.24. The second-order valence-electron chi connectivity index (χ2n) is 10.5. The van der Waals surface area contributed by atoms with Gasteiger partial charge >= 0.3 is 23.9 Å². The van der Waals surface area contributed by atoms with Gasteiger partial charge in [-0.1, -0.05) is 24.3 Å². The fourth-order valence-electron chi connectivity index (χ4n) is 5.13. The van der Waals surface area contributed by atoms with Crippen molar-refractivity contribution in [1.82, 2.24) is 4.90 Å². The zero-order chi connectivity index (χ0) is 36.0. The summed E-state index contributed by atoms with van der Waals surface area (Å²) >= 11 is 0. The number of carbonyl (C=O) groups excluding carboxylic acids is 4. The van der Waals surface area contributed by atoms with E-state index < -0.39 is 45.5 Å². The van der Waals surface area contributed by atoms with Crippen LogP contribution in [-0.2, 0) is 14.3 Å². The molecular weight excluding hydrogens is 648 g/mol. The number of non-ortho nitro benzene ring substituents is 2. The summed E-state index contributed by atoms with van der Waals surface area (Å²) in [6.45, 7) is 0.411. The van der Waals surface area contributed by atoms with Crippen LogP contribution in [0.1, 0.15) is 67.1 Å². The summed E-state index contributed by atoms with van der Waals surface area (Å²) in [7, 11) is 0. The third-order valence-corrected chi connectivity index (χ3v) is 7.29. The Labute approximate surface area is 274 Å². The molecule has 4 aromatic carbocycles. The van der Waals surface area contributed by atoms with Crippen molar-refractivity contribution in [2.24, 2.45) is 5.73 Å². The van der Waals surface area contributed by atoms with Crippen LogP contribution in [0.4, 0.5) is 11.4 Å². The van der Waals surface area contributed by atoms with Gasteiger partial charge in [-0.25, -0.2) is 9.59 Å². The Bertz CT molecular complexity index is 2080. The van der Waals surface area contributed by atoms with E-state index >= 15 is 0 Å². The SMILES string of the molecule is NCCCC(=O)O.O=C(O)CCCN1C(=O)c2cccc3cc([N+](=O)[O-])cc(c23)C1=O.O=C1OC(=O)c2cc([N+](=O)[O-])cc3cccc1c23. The third kappa shape index (κ3) is 7.68. The number of ether oxygens (including phenoxy) is 1. The molecule has 0 aromatic heterocycles. The molecule has 0 fully saturated rings. The summed E-state index contributed by atoms with van der Waals surface area (Å²) in [6, 6.07) is 14.4. The molecule has 4 aromatic rings. The second-order valence-corrected chi connectivity index (χ2v) is 10.5. The van der Waals surface area contributed by atoms with Crippen LogP contribution in [0, 0.1) is 20.2 Å². The third-order valence-electron chi connectivity index (χ3n) is 7.29. The van der Waals surface area contributed by atoms with E-state index in [4.69, 9.17) is 15.9 Å². The monoisotopic (exact) mass is 674 g/mol. The van der Waals surface area contributed by atoms with Crippen molar-refractivity contribution in [3.63, 3.8) is 0 Å². The molecule has 0 bridgehead atoms. The van der Waals surface area contributed by atoms with E-state index in [1.165, 1.54) is 18.2 Å². The lowest BCUT2D eigenvalue weighted by molar-refractivity contribution is -0.384. The molecule has 0 aliphatic carbocycles. The van der Waals surface area contributed by atoms with Gasteiger partial charge in [0.2, 0.25) is 0 Å². The highest BCUT2D eigenvalue weighted by atomic mass is 16.6. The van der Waals surface area contributed by atoms with Gasteiger partial charge in [-0.05, 0) is 42.3 Å². The molecule has 252 valence electrons. The van der Waals surface area contributed by atoms with Gasteiger partial charge in [-0.3, -0.25) is 44.3 Å². The molecule has 0 atom stereocenters. The number of hydrogen-bond donors (Lipinski definition) is 3. The zero-order valence-corrected chi connectivity index (χ0v) is 25.3. The number of rotatable bonds is 9. The number of nitrogens with zero attached hydrogens (tertiary/aromatic N) is 3. The average molecular weight is 675 g/mol. The van der Waals surface area contributed by atoms with Crippen LogP contribution in [0.15, 0.2) is 60.7 Å². The lowest BCUT2D eigenvalue weighted by Gasteiger charge is -2.26. The number of nitrogens with two attached hydrogens (primary N) is 1. The molecule has 17 heteroatoms. The Kier molecular flexibility index (Phi) is 10.7. The Balaban J connectivity index is 0.000000190. The van der Waals surface area contributed by atoms with Crippen molar-refractivity contribution in [3.05, 3.63) is 103 Å². The van der Waals surface area contributed by atoms with Crippen LogP contribution < -0.4 is 5.73 Å². The number of carboxylic acid groups (broad SMARTS) is 2. The largest absolute Gasteiger partial charge is 0.481 e. The van der Waals surface area contributed by atoms with Gasteiger partial charge in [0, 0.05) is 60.0 Å². The van der Waals surface area contributed by atoms with E-state index in [0.717, 1.165) is 17.0 Å². The minimum atomic E-state index is -1.02. The molecular formula is C32H26N4O13. The van der Waals surface area contributed by atoms with Gasteiger partial charge in [-0.2, -0.15) is 0 Å². The van der Waals surface area contributed by atoms with Crippen LogP contribution in [-0.4, -0.2) is 73.7 Å². The maximum absolute atomic E-state index is 12.6. The van der Waals surface area contributed by atoms with Gasteiger partial charge in [0.15, 0.2) is 0 Å². The van der Waals surface area contributed by atoms with Crippen LogP contribution in [0.5, 0.6) is 0 Å². The summed E-state index contributed by atoms with van der Waals surface area (Å²) < 4.78 is 4.54. The van der Waals surface area contributed by atoms with Gasteiger partial charge in [-0.15, -0.1) is 0 Å². The zero-order valence-electron chi connectivity index (χ0n) is 25.3. The predicted molar refractivity (Wildman–Crippen MR) is 169 cm³/mol. The van der Waals surface area contributed by atoms with E-state index in [1.807, 2.05) is 0 Å². The minimum absolute atomic E-state index is 0.0504. The molecule has 0 saturated carbocycles. The molecule has 0 radical (unpaired) electrons. The first-order valence-corrected chi connectivity index (χ1v) is 14.4. The number of benzene rings is 4. The van der Waals surface area contributed by atoms with E-state index in [-0.39, 0.29) is 59.4 Å². The van der Waals surface area contributed by atoms with E-state index in [2.05, 4.69) is 4.74 Å². The standard InChI is InChI=1S/C16H12N2O6.C12H5NO5.C4H9NO2/c19-13(20)5-2-6-17-15(21)11-4-1-3-9-7-10(18(23)24)8-12(14(9)11)16(17)22;14-11-8-3-1-2-6-4-7(13(16)17)5-9(10(6)8)12(15)18-11;5-3-1-2-4(6)7/h1,3-4,7-8H,2,5-6H2,(H,19,20);1-5H;1-3,5H2,(H,6,7). The van der Waals surface area contributed by atoms with E-state index in [1.54, 1.807) is 30.3 Å². The molecule has 2 aliphatic rings. The number of nitro groups is 2. The fraction of sp³-hybridized carbons (Fsp3) is 0.188. The number of hydrogen-bond acceptors (Lipinski definition) is 12. The molecule has 0 saturated heterocycles. The molecule has 0 spiro atoms. The number of cyclic esters (lactones) is 2. The maximum Gasteiger partial charge on any atom is 0.346 e. The molecule has 2 heterocycles. The number of aliphatic carboxylic acids is 2. The Morgan fingerprint density at radius 1 is 0.694 bits per heavy atom. The quantitative estimate of drug-likeness (QED) is 0.0742. The summed E-state index contributed by atoms with van der Waals surface area (Å²) in [6.07, 6.45) is 0.710. The highest BCUT2D eigenvalue weighted by Gasteiger charge is 2.34. The average Bonchev–Trinajstić information content (AvgIpc) is 3.06. The number of carbonyl (C=O) groups is 6. The van der Waals surface area contributed by atoms with Crippen molar-refractivity contribution in [3.8, 4) is 0 Å². The molecule has 2 aliphatic heterocycles. The molecule has 2 amide bonds. The predicted octanol–water partition coefficient (Wildman–Crippen LogP) is 4.08. The van der Waals surface area contributed by atoms with Crippen LogP contribution in [0.2, 0.25) is 0 Å². The van der Waals surface area contributed by atoms with Gasteiger partial charge in [0.1, 0.15) is 0 Å². The first-order valence-electron chi connectivity index (χ1n) is 14.4. The highest BCUT2D eigenvalue weighted by molar-refractivity contribution is 6.26. The highest BCUT2D eigenvalue weighted by Crippen LogP contribution is 2.34. The lowest BCUT2D eigenvalue weighted by atomic mass is 9.93. The first-order chi connectivity index (χ1) is 23.2. The van der Waals surface area contributed by atoms with E-state index in [0.29, 0.717) is 34.5 Å². The van der Waals surface area contributed by atoms with Crippen LogP contribution >= 0.6 is 0 Å². The summed E-state index contributed by atoms with van der Waals surface area (Å²) in [4.78, 5) is 90.2. The van der Waals surface area contributed by atoms with Crippen molar-refractivity contribution >= 4 is 68.6 Å². The van der Waals surface area contributed by atoms with E-state index in [9.17, 15) is 49.0 Å². The number of carboxylic acids is 2. The Hall–Kier alpha value is -6.62. The number of esters is 2. The first kappa shape index (κ1) is 35.2. The smallest absolute Gasteiger partial charge is 0.346 e. The summed E-state index contributed by atoms with van der Waals surface area (Å²) in [5.74, 6) is -4.54. The van der Waals surface area contributed by atoms with Crippen molar-refractivity contribution < 1.29 is 53.6 Å². The topological polar surface area (TPSA) is 268 Å². The molecule has 49 heavy (non-hydrogen) atoms. The number of imide groups is 1. The normalized spacial score (nSPS) is 12.8. The van der Waals surface area contributed by atoms with Crippen LogP contribution in [0.3, 0.4) is 0 Å². The molecule has 17 nitrogen and oxygen atoms in total. The Morgan fingerprint density at radius 3 is 1.67 bits per heavy atom. The summed E-state index contributed by atoms with van der Waals surface area (Å²) in [5, 5.41) is 40.2. The number of amides is 2. The lowest BCUT2D eigenvalue weighted by Crippen LogP contribution is -2.41. The van der Waals surface area contributed by atoms with Gasteiger partial charge in [0.25, 0.3) is 23.2 Å². The maximum atomic E-state index is 12.6. The number of nitro benzene ring substituents is 2. The van der Waals surface area contributed by atoms with Gasteiger partial charge in [0.05, 0.1) is 26.5 Å². The van der Waals surface area contributed by atoms with Crippen molar-refractivity contribution in [2.45, 2.75) is 25.7 Å². The van der Waals surface area contributed by atoms with Gasteiger partial charge < -0.3 is 20.7 Å². The molecule has 6 rings (SSSR count).